The van der Waals surface area contributed by atoms with Gasteiger partial charge in [0.25, 0.3) is 0 Å². The summed E-state index contributed by atoms with van der Waals surface area (Å²) in [6.07, 6.45) is 7.71. The zero-order chi connectivity index (χ0) is 17.3. The largest absolute Gasteiger partial charge is 0.348 e. The highest BCUT2D eigenvalue weighted by Gasteiger charge is 2.25. The second kappa shape index (κ2) is 6.10. The maximum atomic E-state index is 4.48. The molecule has 0 aromatic carbocycles. The molecule has 1 fully saturated rings. The van der Waals surface area contributed by atoms with Crippen LogP contribution in [-0.4, -0.2) is 35.3 Å². The summed E-state index contributed by atoms with van der Waals surface area (Å²) in [5.74, 6) is 2.61. The van der Waals surface area contributed by atoms with Gasteiger partial charge < -0.3 is 10.6 Å². The van der Waals surface area contributed by atoms with Gasteiger partial charge in [-0.3, -0.25) is 15.2 Å². The second-order valence-corrected chi connectivity index (χ2v) is 6.32. The normalized spacial score (nSPS) is 13.8. The number of nitrogens with zero attached hydrogens (tertiary/aromatic N) is 5. The first-order chi connectivity index (χ1) is 12.8. The summed E-state index contributed by atoms with van der Waals surface area (Å²) in [6, 6.07) is 5.74. The van der Waals surface area contributed by atoms with Gasteiger partial charge in [-0.15, -0.1) is 0 Å². The Bertz CT molecular complexity index is 1050. The summed E-state index contributed by atoms with van der Waals surface area (Å²) in [4.78, 5) is 13.1. The average molecular weight is 347 g/mol. The van der Waals surface area contributed by atoms with E-state index in [0.29, 0.717) is 24.2 Å². The third kappa shape index (κ3) is 2.94. The topological polar surface area (TPSA) is 120 Å². The van der Waals surface area contributed by atoms with Crippen LogP contribution in [0, 0.1) is 0 Å². The summed E-state index contributed by atoms with van der Waals surface area (Å²) in [7, 11) is 0. The molecule has 1 aliphatic rings. The molecule has 4 aromatic heterocycles. The summed E-state index contributed by atoms with van der Waals surface area (Å²) < 4.78 is 0. The summed E-state index contributed by atoms with van der Waals surface area (Å²) in [5.41, 5.74) is 3.02. The molecule has 0 amide bonds. The summed E-state index contributed by atoms with van der Waals surface area (Å²) >= 11 is 0. The van der Waals surface area contributed by atoms with Crippen molar-refractivity contribution in [3.63, 3.8) is 0 Å². The molecule has 0 bridgehead atoms. The zero-order valence-corrected chi connectivity index (χ0v) is 13.9. The van der Waals surface area contributed by atoms with E-state index in [9.17, 15) is 0 Å². The Balaban J connectivity index is 1.29. The molecule has 0 atom stereocenters. The molecule has 9 nitrogen and oxygen atoms in total. The van der Waals surface area contributed by atoms with E-state index in [2.05, 4.69) is 46.0 Å². The number of H-pyrrole nitrogens is 2. The number of aromatic nitrogens is 7. The monoisotopic (exact) mass is 347 g/mol. The molecule has 1 aliphatic carbocycles. The Hall–Kier alpha value is -3.49. The van der Waals surface area contributed by atoms with E-state index in [1.807, 2.05) is 18.2 Å². The van der Waals surface area contributed by atoms with E-state index in [4.69, 9.17) is 0 Å². The number of pyridine rings is 1. The third-order valence-corrected chi connectivity index (χ3v) is 4.39. The van der Waals surface area contributed by atoms with E-state index in [1.165, 1.54) is 18.5 Å². The first kappa shape index (κ1) is 14.8. The van der Waals surface area contributed by atoms with Crippen molar-refractivity contribution in [2.75, 3.05) is 10.6 Å². The maximum Gasteiger partial charge on any atom is 0.224 e. The van der Waals surface area contributed by atoms with E-state index in [1.54, 1.807) is 18.6 Å². The summed E-state index contributed by atoms with van der Waals surface area (Å²) in [6.45, 7) is 0.508. The molecule has 0 aliphatic heterocycles. The van der Waals surface area contributed by atoms with Crippen molar-refractivity contribution in [1.82, 2.24) is 35.3 Å². The predicted octanol–water partition coefficient (Wildman–Crippen LogP) is 2.70. The number of anilines is 3. The first-order valence-electron chi connectivity index (χ1n) is 8.51. The van der Waals surface area contributed by atoms with Crippen LogP contribution < -0.4 is 10.6 Å². The lowest BCUT2D eigenvalue weighted by atomic mass is 10.2. The van der Waals surface area contributed by atoms with Crippen molar-refractivity contribution in [3.8, 4) is 0 Å². The van der Waals surface area contributed by atoms with Gasteiger partial charge in [0, 0.05) is 35.5 Å². The van der Waals surface area contributed by atoms with Crippen molar-refractivity contribution >= 4 is 28.5 Å². The Kier molecular flexibility index (Phi) is 3.48. The number of nitrogens with one attached hydrogen (secondary N) is 4. The molecule has 4 heterocycles. The van der Waals surface area contributed by atoms with E-state index >= 15 is 0 Å². The van der Waals surface area contributed by atoms with Crippen LogP contribution >= 0.6 is 0 Å². The van der Waals surface area contributed by atoms with Crippen LogP contribution in [0.2, 0.25) is 0 Å². The van der Waals surface area contributed by atoms with Gasteiger partial charge in [-0.05, 0) is 25.0 Å². The van der Waals surface area contributed by atoms with Crippen molar-refractivity contribution in [1.29, 1.82) is 0 Å². The minimum absolute atomic E-state index is 0.508. The van der Waals surface area contributed by atoms with Gasteiger partial charge in [0.2, 0.25) is 5.95 Å². The van der Waals surface area contributed by atoms with Gasteiger partial charge in [0.1, 0.15) is 5.82 Å². The molecule has 0 spiro atoms. The number of hydrogen-bond donors (Lipinski definition) is 4. The maximum absolute atomic E-state index is 4.48. The highest BCUT2D eigenvalue weighted by molar-refractivity contribution is 5.80. The average Bonchev–Trinajstić information content (AvgIpc) is 3.21. The molecule has 1 saturated carbocycles. The molecule has 5 rings (SSSR count). The number of fused-ring (bicyclic) bond motifs is 1. The zero-order valence-electron chi connectivity index (χ0n) is 13.9. The van der Waals surface area contributed by atoms with Gasteiger partial charge in [0.05, 0.1) is 24.0 Å². The lowest BCUT2D eigenvalue weighted by molar-refractivity contribution is 0.966. The molecule has 4 N–H and O–H groups in total. The molecule has 130 valence electrons. The third-order valence-electron chi connectivity index (χ3n) is 4.39. The lowest BCUT2D eigenvalue weighted by Crippen LogP contribution is -2.06. The highest BCUT2D eigenvalue weighted by Crippen LogP contribution is 2.39. The van der Waals surface area contributed by atoms with Crippen molar-refractivity contribution in [2.45, 2.75) is 25.3 Å². The van der Waals surface area contributed by atoms with Gasteiger partial charge in [0.15, 0.2) is 5.82 Å². The Morgan fingerprint density at radius 1 is 1.08 bits per heavy atom. The highest BCUT2D eigenvalue weighted by atomic mass is 15.2. The standard InChI is InChI=1S/C17H17N9/c1-2-10(1)13-7-16(26-25-13)22-15-4-6-19-17(23-15)20-9-14-11-8-21-24-12(11)3-5-18-14/h3-8,10H,1-2,9H2,(H,21,24)(H3,19,20,22,23,25,26). The number of aromatic amines is 2. The van der Waals surface area contributed by atoms with Gasteiger partial charge in [-0.1, -0.05) is 0 Å². The molecule has 0 saturated heterocycles. The van der Waals surface area contributed by atoms with Gasteiger partial charge in [-0.25, -0.2) is 4.98 Å². The lowest BCUT2D eigenvalue weighted by Gasteiger charge is -2.07. The van der Waals surface area contributed by atoms with Crippen LogP contribution in [0.5, 0.6) is 0 Å². The molecule has 4 aromatic rings. The number of hydrogen-bond acceptors (Lipinski definition) is 7. The van der Waals surface area contributed by atoms with Gasteiger partial charge >= 0.3 is 0 Å². The van der Waals surface area contributed by atoms with Gasteiger partial charge in [-0.2, -0.15) is 15.2 Å². The van der Waals surface area contributed by atoms with Crippen molar-refractivity contribution in [2.24, 2.45) is 0 Å². The van der Waals surface area contributed by atoms with Crippen LogP contribution in [0.15, 0.2) is 36.8 Å². The molecule has 0 radical (unpaired) electrons. The van der Waals surface area contributed by atoms with Crippen LogP contribution in [0.3, 0.4) is 0 Å². The molecular weight excluding hydrogens is 330 g/mol. The van der Waals surface area contributed by atoms with E-state index < -0.39 is 0 Å². The predicted molar refractivity (Wildman–Crippen MR) is 97.1 cm³/mol. The first-order valence-corrected chi connectivity index (χ1v) is 8.51. The fourth-order valence-corrected chi connectivity index (χ4v) is 2.88. The molecule has 26 heavy (non-hydrogen) atoms. The number of rotatable bonds is 6. The van der Waals surface area contributed by atoms with Crippen molar-refractivity contribution < 1.29 is 0 Å². The smallest absolute Gasteiger partial charge is 0.224 e. The summed E-state index contributed by atoms with van der Waals surface area (Å²) in [5, 5.41) is 21.8. The fraction of sp³-hybridized carbons (Fsp3) is 0.235. The quantitative estimate of drug-likeness (QED) is 0.423. The van der Waals surface area contributed by atoms with Crippen LogP contribution in [-0.2, 0) is 6.54 Å². The minimum atomic E-state index is 0.508. The molecule has 0 unspecified atom stereocenters. The van der Waals surface area contributed by atoms with Crippen LogP contribution in [0.1, 0.15) is 30.1 Å². The SMILES string of the molecule is c1cc(Nc2cc(C3CC3)[nH]n2)nc(NCc2nccc3[nH]ncc23)n1. The Morgan fingerprint density at radius 2 is 2.00 bits per heavy atom. The Labute approximate surface area is 148 Å². The molecular formula is C17H17N9. The van der Waals surface area contributed by atoms with E-state index in [0.717, 1.165) is 22.4 Å². The van der Waals surface area contributed by atoms with Crippen LogP contribution in [0.25, 0.3) is 10.9 Å². The molecule has 9 heteroatoms. The van der Waals surface area contributed by atoms with E-state index in [-0.39, 0.29) is 0 Å². The fourth-order valence-electron chi connectivity index (χ4n) is 2.88. The second-order valence-electron chi connectivity index (χ2n) is 6.32. The van der Waals surface area contributed by atoms with Crippen LogP contribution in [0.4, 0.5) is 17.6 Å². The van der Waals surface area contributed by atoms with Crippen molar-refractivity contribution in [3.05, 3.63) is 48.2 Å². The minimum Gasteiger partial charge on any atom is -0.348 e. The Morgan fingerprint density at radius 3 is 2.92 bits per heavy atom.